The zero-order valence-corrected chi connectivity index (χ0v) is 15.7. The number of ketones is 1. The third-order valence-electron chi connectivity index (χ3n) is 3.53. The summed E-state index contributed by atoms with van der Waals surface area (Å²) in [7, 11) is 0. The topological polar surface area (TPSA) is 46.2 Å². The summed E-state index contributed by atoms with van der Waals surface area (Å²) in [5.41, 5.74) is 0. The van der Waals surface area contributed by atoms with Crippen LogP contribution in [-0.2, 0) is 9.59 Å². The van der Waals surface area contributed by atoms with Gasteiger partial charge in [-0.1, -0.05) is 72.6 Å². The van der Waals surface area contributed by atoms with Crippen LogP contribution in [0.25, 0.3) is 0 Å². The lowest BCUT2D eigenvalue weighted by atomic mass is 10.1. The van der Waals surface area contributed by atoms with Gasteiger partial charge in [0.25, 0.3) is 0 Å². The highest BCUT2D eigenvalue weighted by Gasteiger charge is 2.04. The van der Waals surface area contributed by atoms with Crippen LogP contribution >= 0.6 is 0 Å². The summed E-state index contributed by atoms with van der Waals surface area (Å²) in [5.74, 6) is 0.572. The second kappa shape index (κ2) is 18.2. The molecule has 0 fully saturated rings. The molecule has 0 radical (unpaired) electrons. The fourth-order valence-corrected chi connectivity index (χ4v) is 2.15. The zero-order chi connectivity index (χ0) is 17.2. The first-order chi connectivity index (χ1) is 10.5. The van der Waals surface area contributed by atoms with Gasteiger partial charge in [0.15, 0.2) is 0 Å². The molecule has 0 heterocycles. The minimum absolute atomic E-state index is 0.0954. The van der Waals surface area contributed by atoms with Crippen molar-refractivity contribution in [2.24, 2.45) is 5.92 Å². The van der Waals surface area contributed by atoms with Gasteiger partial charge in [0.05, 0.1) is 0 Å². The van der Waals surface area contributed by atoms with Gasteiger partial charge in [-0.05, 0) is 19.8 Å². The highest BCUT2D eigenvalue weighted by molar-refractivity contribution is 5.77. The smallest absolute Gasteiger partial charge is 0.222 e. The molecule has 1 N–H and O–H groups in total. The van der Waals surface area contributed by atoms with Gasteiger partial charge >= 0.3 is 0 Å². The van der Waals surface area contributed by atoms with E-state index in [1.54, 1.807) is 6.92 Å². The Morgan fingerprint density at radius 2 is 1.18 bits per heavy atom. The molecule has 0 aromatic rings. The van der Waals surface area contributed by atoms with Crippen LogP contribution in [0.5, 0.6) is 0 Å². The van der Waals surface area contributed by atoms with Crippen LogP contribution in [0, 0.1) is 5.92 Å². The standard InChI is InChI=1S/C17H33NO2.C2H6/c1-15(2)17(20)18-14-12-10-8-6-4-5-7-9-11-13-16(3)19;1-2/h15H,4-14H2,1-3H3,(H,18,20);1-2H3. The molecule has 0 saturated heterocycles. The maximum atomic E-state index is 11.3. The molecule has 22 heavy (non-hydrogen) atoms. The number of nitrogens with one attached hydrogen (secondary N) is 1. The van der Waals surface area contributed by atoms with E-state index in [4.69, 9.17) is 0 Å². The molecule has 0 bridgehead atoms. The molecule has 1 amide bonds. The first-order valence-electron chi connectivity index (χ1n) is 9.31. The lowest BCUT2D eigenvalue weighted by Gasteiger charge is -2.07. The summed E-state index contributed by atoms with van der Waals surface area (Å²) in [6, 6.07) is 0. The molecule has 0 aliphatic heterocycles. The van der Waals surface area contributed by atoms with Crippen LogP contribution < -0.4 is 5.32 Å². The van der Waals surface area contributed by atoms with Gasteiger partial charge in [0.2, 0.25) is 5.91 Å². The highest BCUT2D eigenvalue weighted by atomic mass is 16.1. The lowest BCUT2D eigenvalue weighted by Crippen LogP contribution is -2.28. The molecule has 0 aliphatic carbocycles. The summed E-state index contributed by atoms with van der Waals surface area (Å²) in [5, 5.41) is 2.95. The quantitative estimate of drug-likeness (QED) is 0.470. The molecule has 0 aromatic heterocycles. The largest absolute Gasteiger partial charge is 0.356 e. The number of amides is 1. The molecule has 3 nitrogen and oxygen atoms in total. The first-order valence-corrected chi connectivity index (χ1v) is 9.31. The highest BCUT2D eigenvalue weighted by Crippen LogP contribution is 2.10. The van der Waals surface area contributed by atoms with E-state index in [1.807, 2.05) is 27.7 Å². The first kappa shape index (κ1) is 23.4. The third-order valence-corrected chi connectivity index (χ3v) is 3.53. The van der Waals surface area contributed by atoms with Crippen LogP contribution in [0.15, 0.2) is 0 Å². The van der Waals surface area contributed by atoms with E-state index in [2.05, 4.69) is 5.32 Å². The van der Waals surface area contributed by atoms with Gasteiger partial charge in [0.1, 0.15) is 5.78 Å². The summed E-state index contributed by atoms with van der Waals surface area (Å²) in [4.78, 5) is 22.1. The lowest BCUT2D eigenvalue weighted by molar-refractivity contribution is -0.124. The summed E-state index contributed by atoms with van der Waals surface area (Å²) in [6.45, 7) is 10.3. The van der Waals surface area contributed by atoms with E-state index in [9.17, 15) is 9.59 Å². The van der Waals surface area contributed by atoms with Gasteiger partial charge in [-0.2, -0.15) is 0 Å². The maximum Gasteiger partial charge on any atom is 0.222 e. The fourth-order valence-electron chi connectivity index (χ4n) is 2.15. The summed E-state index contributed by atoms with van der Waals surface area (Å²) < 4.78 is 0. The fraction of sp³-hybridized carbons (Fsp3) is 0.895. The number of carbonyl (C=O) groups is 2. The molecule has 0 aromatic carbocycles. The van der Waals surface area contributed by atoms with E-state index in [-0.39, 0.29) is 11.8 Å². The number of carbonyl (C=O) groups excluding carboxylic acids is 2. The second-order valence-corrected chi connectivity index (χ2v) is 6.08. The van der Waals surface area contributed by atoms with Crippen molar-refractivity contribution >= 4 is 11.7 Å². The summed E-state index contributed by atoms with van der Waals surface area (Å²) >= 11 is 0. The van der Waals surface area contributed by atoms with Gasteiger partial charge in [0, 0.05) is 18.9 Å². The Morgan fingerprint density at radius 3 is 1.59 bits per heavy atom. The van der Waals surface area contributed by atoms with E-state index >= 15 is 0 Å². The molecule has 3 heteroatoms. The predicted molar refractivity (Wildman–Crippen MR) is 96.0 cm³/mol. The second-order valence-electron chi connectivity index (χ2n) is 6.08. The summed E-state index contributed by atoms with van der Waals surface area (Å²) in [6.07, 6.45) is 11.7. The minimum Gasteiger partial charge on any atom is -0.356 e. The van der Waals surface area contributed by atoms with E-state index in [0.29, 0.717) is 5.78 Å². The number of Topliss-reactive ketones (excluding diaryl/α,β-unsaturated/α-hetero) is 1. The molecule has 0 atom stereocenters. The van der Waals surface area contributed by atoms with Crippen molar-refractivity contribution in [1.82, 2.24) is 5.32 Å². The van der Waals surface area contributed by atoms with Crippen LogP contribution in [-0.4, -0.2) is 18.2 Å². The Bertz CT molecular complexity index is 262. The third kappa shape index (κ3) is 19.1. The van der Waals surface area contributed by atoms with Crippen molar-refractivity contribution in [3.63, 3.8) is 0 Å². The SMILES string of the molecule is CC.CC(=O)CCCCCCCCCCCNC(=O)C(C)C. The van der Waals surface area contributed by atoms with Crippen molar-refractivity contribution in [1.29, 1.82) is 0 Å². The Labute approximate surface area is 138 Å². The number of hydrogen-bond donors (Lipinski definition) is 1. The van der Waals surface area contributed by atoms with Crippen molar-refractivity contribution < 1.29 is 9.59 Å². The van der Waals surface area contributed by atoms with Gasteiger partial charge in [-0.15, -0.1) is 0 Å². The van der Waals surface area contributed by atoms with Crippen molar-refractivity contribution in [3.05, 3.63) is 0 Å². The van der Waals surface area contributed by atoms with Crippen molar-refractivity contribution in [3.8, 4) is 0 Å². The predicted octanol–water partition coefficient (Wildman–Crippen LogP) is 5.27. The number of unbranched alkanes of at least 4 members (excludes halogenated alkanes) is 8. The van der Waals surface area contributed by atoms with Crippen LogP contribution in [0.2, 0.25) is 0 Å². The average molecular weight is 314 g/mol. The Balaban J connectivity index is 0. The number of rotatable bonds is 13. The van der Waals surface area contributed by atoms with Crippen molar-refractivity contribution in [2.75, 3.05) is 6.54 Å². The van der Waals surface area contributed by atoms with Crippen LogP contribution in [0.1, 0.15) is 98.8 Å². The van der Waals surface area contributed by atoms with E-state index < -0.39 is 0 Å². The molecule has 0 rings (SSSR count). The van der Waals surface area contributed by atoms with Crippen molar-refractivity contribution in [2.45, 2.75) is 98.8 Å². The molecule has 0 saturated carbocycles. The van der Waals surface area contributed by atoms with E-state index in [0.717, 1.165) is 25.8 Å². The minimum atomic E-state index is 0.0954. The van der Waals surface area contributed by atoms with Crippen LogP contribution in [0.3, 0.4) is 0 Å². The molecular weight excluding hydrogens is 274 g/mol. The monoisotopic (exact) mass is 313 g/mol. The Kier molecular flexibility index (Phi) is 19.4. The Morgan fingerprint density at radius 1 is 0.773 bits per heavy atom. The van der Waals surface area contributed by atoms with Gasteiger partial charge in [-0.25, -0.2) is 0 Å². The molecular formula is C19H39NO2. The maximum absolute atomic E-state index is 11.3. The molecule has 0 spiro atoms. The molecule has 0 aliphatic rings. The molecule has 132 valence electrons. The molecule has 0 unspecified atom stereocenters. The van der Waals surface area contributed by atoms with Gasteiger partial charge in [-0.3, -0.25) is 4.79 Å². The number of hydrogen-bond acceptors (Lipinski definition) is 2. The zero-order valence-electron chi connectivity index (χ0n) is 15.7. The Hall–Kier alpha value is -0.860. The van der Waals surface area contributed by atoms with Gasteiger partial charge < -0.3 is 10.1 Å². The van der Waals surface area contributed by atoms with Crippen LogP contribution in [0.4, 0.5) is 0 Å². The normalized spacial score (nSPS) is 10.1. The average Bonchev–Trinajstić information content (AvgIpc) is 2.49. The van der Waals surface area contributed by atoms with E-state index in [1.165, 1.54) is 44.9 Å².